The molecule has 0 spiro atoms. The first-order chi connectivity index (χ1) is 12.8. The second kappa shape index (κ2) is 12.0. The first kappa shape index (κ1) is 26.3. The lowest BCUT2D eigenvalue weighted by Crippen LogP contribution is -2.50. The minimum atomic E-state index is -4.78. The van der Waals surface area contributed by atoms with Gasteiger partial charge in [-0.25, -0.2) is 0 Å². The van der Waals surface area contributed by atoms with E-state index in [1.807, 2.05) is 0 Å². The van der Waals surface area contributed by atoms with Gasteiger partial charge in [0.1, 0.15) is 18.6 Å². The van der Waals surface area contributed by atoms with Crippen LogP contribution >= 0.6 is 19.4 Å². The highest BCUT2D eigenvalue weighted by Crippen LogP contribution is 2.44. The van der Waals surface area contributed by atoms with Crippen molar-refractivity contribution < 1.29 is 48.8 Å². The maximum Gasteiger partial charge on any atom is 0.354 e. The van der Waals surface area contributed by atoms with E-state index < -0.39 is 61.1 Å². The van der Waals surface area contributed by atoms with Gasteiger partial charge in [0.15, 0.2) is 5.85 Å². The number of carbonyl (C=O) groups is 4. The standard InChI is InChI=1S/C13H24N3O10PS/c1-6(13(23)27(24,25)26)28-5-8(11(20)15-4-10(18)19)16-9(17)3-2-7(14)12(21)22/h6-8,13,23H,2-5,14H2,1H3,(H,15,20)(H,16,17)(H,18,19)(H,21,22)(H2,24,25,26)/t6?,7?,8?,13-/m1/s1. The van der Waals surface area contributed by atoms with E-state index in [0.717, 1.165) is 11.8 Å². The predicted molar refractivity (Wildman–Crippen MR) is 97.4 cm³/mol. The number of rotatable bonds is 13. The van der Waals surface area contributed by atoms with E-state index in [2.05, 4.69) is 10.6 Å². The number of thioether (sulfide) groups is 1. The maximum atomic E-state index is 12.1. The summed E-state index contributed by atoms with van der Waals surface area (Å²) < 4.78 is 11.1. The van der Waals surface area contributed by atoms with Crippen molar-refractivity contribution in [2.24, 2.45) is 5.73 Å². The molecule has 13 nitrogen and oxygen atoms in total. The molecule has 0 radical (unpaired) electrons. The van der Waals surface area contributed by atoms with Crippen LogP contribution in [0.2, 0.25) is 0 Å². The minimum Gasteiger partial charge on any atom is -0.480 e. The number of carboxylic acid groups (broad SMARTS) is 2. The molecule has 0 aliphatic carbocycles. The molecule has 0 heterocycles. The third-order valence-corrected chi connectivity index (χ3v) is 6.00. The van der Waals surface area contributed by atoms with Crippen LogP contribution in [-0.2, 0) is 23.7 Å². The minimum absolute atomic E-state index is 0.203. The van der Waals surface area contributed by atoms with Crippen molar-refractivity contribution in [3.8, 4) is 0 Å². The van der Waals surface area contributed by atoms with Gasteiger partial charge in [0.25, 0.3) is 0 Å². The van der Waals surface area contributed by atoms with Crippen molar-refractivity contribution >= 4 is 43.1 Å². The largest absolute Gasteiger partial charge is 0.480 e. The highest BCUT2D eigenvalue weighted by atomic mass is 32.2. The molecule has 0 bridgehead atoms. The second-order valence-electron chi connectivity index (χ2n) is 5.76. The summed E-state index contributed by atoms with van der Waals surface area (Å²) in [6.07, 6.45) is -0.521. The van der Waals surface area contributed by atoms with Crippen molar-refractivity contribution in [2.45, 2.75) is 42.9 Å². The number of amides is 2. The van der Waals surface area contributed by atoms with E-state index >= 15 is 0 Å². The summed E-state index contributed by atoms with van der Waals surface area (Å²) in [5.74, 6) is -6.47. The molecule has 28 heavy (non-hydrogen) atoms. The number of carboxylic acids is 2. The van der Waals surface area contributed by atoms with Gasteiger partial charge in [-0.15, -0.1) is 0 Å². The summed E-state index contributed by atoms with van der Waals surface area (Å²) in [6, 6.07) is -2.57. The van der Waals surface area contributed by atoms with E-state index in [4.69, 9.17) is 25.7 Å². The number of nitrogens with one attached hydrogen (secondary N) is 2. The van der Waals surface area contributed by atoms with Crippen LogP contribution in [0, 0.1) is 0 Å². The van der Waals surface area contributed by atoms with Crippen LogP contribution in [0.15, 0.2) is 0 Å². The first-order valence-corrected chi connectivity index (χ1v) is 10.6. The summed E-state index contributed by atoms with van der Waals surface area (Å²) in [6.45, 7) is 0.578. The molecule has 0 aliphatic rings. The van der Waals surface area contributed by atoms with Crippen molar-refractivity contribution in [2.75, 3.05) is 12.3 Å². The zero-order chi connectivity index (χ0) is 22.1. The number of aliphatic hydroxyl groups excluding tert-OH is 1. The van der Waals surface area contributed by atoms with Crippen LogP contribution in [0.5, 0.6) is 0 Å². The SMILES string of the molecule is CC(SCC(NC(=O)CCC(N)C(=O)O)C(=O)NCC(=O)O)[C@H](O)P(=O)(O)O. The third-order valence-electron chi connectivity index (χ3n) is 3.36. The van der Waals surface area contributed by atoms with E-state index in [-0.39, 0.29) is 18.6 Å². The van der Waals surface area contributed by atoms with Gasteiger partial charge in [0, 0.05) is 17.4 Å². The van der Waals surface area contributed by atoms with Gasteiger partial charge in [-0.05, 0) is 6.42 Å². The molecule has 0 aromatic heterocycles. The Bertz CT molecular complexity index is 628. The lowest BCUT2D eigenvalue weighted by molar-refractivity contribution is -0.139. The average molecular weight is 445 g/mol. The Morgan fingerprint density at radius 2 is 1.75 bits per heavy atom. The monoisotopic (exact) mass is 445 g/mol. The van der Waals surface area contributed by atoms with Gasteiger partial charge in [-0.1, -0.05) is 6.92 Å². The summed E-state index contributed by atoms with van der Waals surface area (Å²) >= 11 is 0.769. The molecule has 0 fully saturated rings. The van der Waals surface area contributed by atoms with Gasteiger partial charge in [-0.2, -0.15) is 11.8 Å². The Labute approximate surface area is 164 Å². The Morgan fingerprint density at radius 1 is 1.18 bits per heavy atom. The molecule has 162 valence electrons. The number of hydrogen-bond acceptors (Lipinski definition) is 8. The molecule has 2 amide bonds. The zero-order valence-electron chi connectivity index (χ0n) is 14.8. The zero-order valence-corrected chi connectivity index (χ0v) is 16.6. The quantitative estimate of drug-likeness (QED) is 0.137. The van der Waals surface area contributed by atoms with E-state index in [1.54, 1.807) is 0 Å². The lowest BCUT2D eigenvalue weighted by Gasteiger charge is -2.23. The summed E-state index contributed by atoms with van der Waals surface area (Å²) in [4.78, 5) is 63.1. The number of aliphatic carboxylic acids is 2. The number of aliphatic hydroxyl groups is 1. The molecule has 3 unspecified atom stereocenters. The van der Waals surface area contributed by atoms with Crippen LogP contribution in [-0.4, -0.2) is 84.3 Å². The highest BCUT2D eigenvalue weighted by molar-refractivity contribution is 8.00. The van der Waals surface area contributed by atoms with Gasteiger partial charge < -0.3 is 41.5 Å². The normalized spacial score (nSPS) is 15.8. The molecule has 15 heteroatoms. The summed E-state index contributed by atoms with van der Waals surface area (Å²) in [5.41, 5.74) is 5.28. The Morgan fingerprint density at radius 3 is 2.21 bits per heavy atom. The van der Waals surface area contributed by atoms with Crippen molar-refractivity contribution in [3.63, 3.8) is 0 Å². The van der Waals surface area contributed by atoms with Crippen LogP contribution in [0.1, 0.15) is 19.8 Å². The second-order valence-corrected chi connectivity index (χ2v) is 8.87. The van der Waals surface area contributed by atoms with Crippen molar-refractivity contribution in [1.29, 1.82) is 0 Å². The first-order valence-electron chi connectivity index (χ1n) is 7.87. The Hall–Kier alpha value is -1.70. The van der Waals surface area contributed by atoms with Gasteiger partial charge in [-0.3, -0.25) is 23.7 Å². The molecule has 0 aromatic rings. The molecular formula is C13H24N3O10PS. The van der Waals surface area contributed by atoms with Gasteiger partial charge in [0.05, 0.1) is 0 Å². The highest BCUT2D eigenvalue weighted by Gasteiger charge is 2.33. The summed E-state index contributed by atoms with van der Waals surface area (Å²) in [7, 11) is -4.78. The van der Waals surface area contributed by atoms with Crippen molar-refractivity contribution in [3.05, 3.63) is 0 Å². The molecule has 0 saturated heterocycles. The Kier molecular flexibility index (Phi) is 11.3. The molecule has 0 aliphatic heterocycles. The molecule has 0 rings (SSSR count). The number of nitrogens with two attached hydrogens (primary N) is 1. The van der Waals surface area contributed by atoms with Crippen molar-refractivity contribution in [1.82, 2.24) is 10.6 Å². The van der Waals surface area contributed by atoms with Crippen LogP contribution < -0.4 is 16.4 Å². The van der Waals surface area contributed by atoms with E-state index in [1.165, 1.54) is 6.92 Å². The van der Waals surface area contributed by atoms with Crippen LogP contribution in [0.3, 0.4) is 0 Å². The lowest BCUT2D eigenvalue weighted by atomic mass is 10.1. The molecule has 4 atom stereocenters. The maximum absolute atomic E-state index is 12.1. The fourth-order valence-corrected chi connectivity index (χ4v) is 3.94. The smallest absolute Gasteiger partial charge is 0.354 e. The van der Waals surface area contributed by atoms with Gasteiger partial charge in [0.2, 0.25) is 11.8 Å². The summed E-state index contributed by atoms with van der Waals surface area (Å²) in [5, 5.41) is 30.2. The fraction of sp³-hybridized carbons (Fsp3) is 0.692. The van der Waals surface area contributed by atoms with E-state index in [0.29, 0.717) is 0 Å². The molecular weight excluding hydrogens is 421 g/mol. The third kappa shape index (κ3) is 10.6. The average Bonchev–Trinajstić information content (AvgIpc) is 2.58. The Balaban J connectivity index is 4.93. The molecule has 9 N–H and O–H groups in total. The number of hydrogen-bond donors (Lipinski definition) is 8. The predicted octanol–water partition coefficient (Wildman–Crippen LogP) is -2.52. The van der Waals surface area contributed by atoms with E-state index in [9.17, 15) is 28.8 Å². The molecule has 0 aromatic carbocycles. The topological polar surface area (TPSA) is 237 Å². The molecule has 0 saturated carbocycles. The van der Waals surface area contributed by atoms with Gasteiger partial charge >= 0.3 is 19.5 Å². The number of carbonyl (C=O) groups excluding carboxylic acids is 2. The fourth-order valence-electron chi connectivity index (χ4n) is 1.75. The van der Waals surface area contributed by atoms with Crippen LogP contribution in [0.25, 0.3) is 0 Å². The van der Waals surface area contributed by atoms with Crippen LogP contribution in [0.4, 0.5) is 0 Å².